The van der Waals surface area contributed by atoms with Crippen LogP contribution >= 0.6 is 0 Å². The van der Waals surface area contributed by atoms with Crippen LogP contribution in [0.15, 0.2) is 24.3 Å². The molecule has 3 atom stereocenters. The van der Waals surface area contributed by atoms with Crippen LogP contribution in [0.1, 0.15) is 40.0 Å². The van der Waals surface area contributed by atoms with Gasteiger partial charge in [-0.2, -0.15) is 0 Å². The highest BCUT2D eigenvalue weighted by Gasteiger charge is 2.35. The number of methoxy groups -OCH3 is 1. The molecule has 21 heavy (non-hydrogen) atoms. The lowest BCUT2D eigenvalue weighted by Gasteiger charge is -2.36. The fourth-order valence-electron chi connectivity index (χ4n) is 3.41. The molecule has 1 aliphatic carbocycles. The van der Waals surface area contributed by atoms with E-state index in [1.165, 1.54) is 12.8 Å². The summed E-state index contributed by atoms with van der Waals surface area (Å²) >= 11 is 0. The Morgan fingerprint density at radius 1 is 1.24 bits per heavy atom. The molecule has 1 aromatic rings. The zero-order chi connectivity index (χ0) is 15.4. The minimum atomic E-state index is 0.135. The molecule has 2 rings (SSSR count). The Hall–Kier alpha value is -1.51. The van der Waals surface area contributed by atoms with E-state index in [1.54, 1.807) is 7.11 Å². The van der Waals surface area contributed by atoms with Crippen LogP contribution in [0.4, 0.5) is 5.69 Å². The van der Waals surface area contributed by atoms with E-state index in [-0.39, 0.29) is 11.8 Å². The summed E-state index contributed by atoms with van der Waals surface area (Å²) in [5.74, 6) is 2.82. The molecule has 0 bridgehead atoms. The molecule has 1 aliphatic rings. The van der Waals surface area contributed by atoms with E-state index in [2.05, 4.69) is 26.1 Å². The number of ether oxygens (including phenoxy) is 1. The molecule has 1 saturated carbocycles. The topological polar surface area (TPSA) is 38.3 Å². The van der Waals surface area contributed by atoms with Crippen LogP contribution < -0.4 is 10.1 Å². The van der Waals surface area contributed by atoms with Gasteiger partial charge >= 0.3 is 0 Å². The lowest BCUT2D eigenvalue weighted by molar-refractivity contribution is -0.123. The summed E-state index contributed by atoms with van der Waals surface area (Å²) in [4.78, 5) is 12.6. The van der Waals surface area contributed by atoms with E-state index in [0.717, 1.165) is 17.9 Å². The van der Waals surface area contributed by atoms with Gasteiger partial charge in [0.1, 0.15) is 5.75 Å². The maximum Gasteiger partial charge on any atom is 0.227 e. The van der Waals surface area contributed by atoms with Gasteiger partial charge in [0.25, 0.3) is 0 Å². The van der Waals surface area contributed by atoms with Crippen molar-refractivity contribution in [2.24, 2.45) is 23.7 Å². The minimum absolute atomic E-state index is 0.135. The number of nitrogens with one attached hydrogen (secondary N) is 1. The van der Waals surface area contributed by atoms with Crippen molar-refractivity contribution < 1.29 is 9.53 Å². The number of benzene rings is 1. The fraction of sp³-hybridized carbons (Fsp3) is 0.611. The SMILES string of the molecule is COc1ccc(NC(=O)C2C[C@H](C)CC[C@@H]2C(C)C)cc1. The molecule has 1 N–H and O–H groups in total. The summed E-state index contributed by atoms with van der Waals surface area (Å²) in [5.41, 5.74) is 0.849. The second-order valence-electron chi connectivity index (χ2n) is 6.65. The number of amides is 1. The Kier molecular flexibility index (Phi) is 5.27. The third kappa shape index (κ3) is 3.99. The Morgan fingerprint density at radius 2 is 1.90 bits per heavy atom. The Labute approximate surface area is 128 Å². The molecule has 1 amide bonds. The van der Waals surface area contributed by atoms with Crippen LogP contribution in [0.2, 0.25) is 0 Å². The second kappa shape index (κ2) is 6.97. The molecule has 0 aromatic heterocycles. The van der Waals surface area contributed by atoms with Crippen LogP contribution in [0.5, 0.6) is 5.75 Å². The van der Waals surface area contributed by atoms with Crippen molar-refractivity contribution in [1.82, 2.24) is 0 Å². The highest BCUT2D eigenvalue weighted by molar-refractivity contribution is 5.92. The summed E-state index contributed by atoms with van der Waals surface area (Å²) in [5, 5.41) is 3.07. The van der Waals surface area contributed by atoms with E-state index < -0.39 is 0 Å². The third-order valence-electron chi connectivity index (χ3n) is 4.72. The van der Waals surface area contributed by atoms with Crippen molar-refractivity contribution in [3.05, 3.63) is 24.3 Å². The van der Waals surface area contributed by atoms with Crippen LogP contribution in [0.3, 0.4) is 0 Å². The van der Waals surface area contributed by atoms with E-state index in [1.807, 2.05) is 24.3 Å². The van der Waals surface area contributed by atoms with Crippen molar-refractivity contribution in [1.29, 1.82) is 0 Å². The lowest BCUT2D eigenvalue weighted by atomic mass is 9.70. The molecule has 3 nitrogen and oxygen atoms in total. The average molecular weight is 289 g/mol. The van der Waals surface area contributed by atoms with E-state index >= 15 is 0 Å². The molecule has 0 heterocycles. The molecular formula is C18H27NO2. The Balaban J connectivity index is 2.05. The maximum atomic E-state index is 12.6. The zero-order valence-corrected chi connectivity index (χ0v) is 13.6. The summed E-state index contributed by atoms with van der Waals surface area (Å²) in [7, 11) is 1.64. The van der Waals surface area contributed by atoms with Crippen LogP contribution in [0.25, 0.3) is 0 Å². The number of carbonyl (C=O) groups excluding carboxylic acids is 1. The largest absolute Gasteiger partial charge is 0.497 e. The molecule has 1 aromatic carbocycles. The summed E-state index contributed by atoms with van der Waals surface area (Å²) in [6, 6.07) is 7.54. The molecule has 0 spiro atoms. The molecular weight excluding hydrogens is 262 g/mol. The van der Waals surface area contributed by atoms with Gasteiger partial charge in [0.2, 0.25) is 5.91 Å². The quantitative estimate of drug-likeness (QED) is 0.895. The summed E-state index contributed by atoms with van der Waals surface area (Å²) < 4.78 is 5.14. The summed E-state index contributed by atoms with van der Waals surface area (Å²) in [6.45, 7) is 6.72. The van der Waals surface area contributed by atoms with Gasteiger partial charge in [0.05, 0.1) is 7.11 Å². The normalized spacial score (nSPS) is 25.7. The number of hydrogen-bond acceptors (Lipinski definition) is 2. The fourth-order valence-corrected chi connectivity index (χ4v) is 3.41. The van der Waals surface area contributed by atoms with Crippen molar-refractivity contribution in [3.8, 4) is 5.75 Å². The third-order valence-corrected chi connectivity index (χ3v) is 4.72. The number of hydrogen-bond donors (Lipinski definition) is 1. The molecule has 0 radical (unpaired) electrons. The first-order valence-corrected chi connectivity index (χ1v) is 7.96. The van der Waals surface area contributed by atoms with E-state index in [0.29, 0.717) is 17.8 Å². The molecule has 1 fully saturated rings. The predicted octanol–water partition coefficient (Wildman–Crippen LogP) is 4.34. The maximum absolute atomic E-state index is 12.6. The van der Waals surface area contributed by atoms with Gasteiger partial charge in [-0.15, -0.1) is 0 Å². The lowest BCUT2D eigenvalue weighted by Crippen LogP contribution is -2.36. The van der Waals surface area contributed by atoms with Gasteiger partial charge in [0.15, 0.2) is 0 Å². The standard InChI is InChI=1S/C18H27NO2/c1-12(2)16-10-5-13(3)11-17(16)18(20)19-14-6-8-15(21-4)9-7-14/h6-9,12-13,16-17H,5,10-11H2,1-4H3,(H,19,20)/t13-,16-,17?/m1/s1. The number of carbonyl (C=O) groups is 1. The highest BCUT2D eigenvalue weighted by atomic mass is 16.5. The first-order chi connectivity index (χ1) is 10.0. The second-order valence-corrected chi connectivity index (χ2v) is 6.65. The van der Waals surface area contributed by atoms with E-state index in [4.69, 9.17) is 4.74 Å². The van der Waals surface area contributed by atoms with Gasteiger partial charge in [-0.25, -0.2) is 0 Å². The molecule has 0 saturated heterocycles. The van der Waals surface area contributed by atoms with E-state index in [9.17, 15) is 4.79 Å². The average Bonchev–Trinajstić information content (AvgIpc) is 2.47. The van der Waals surface area contributed by atoms with Crippen LogP contribution in [-0.2, 0) is 4.79 Å². The van der Waals surface area contributed by atoms with Crippen molar-refractivity contribution in [2.75, 3.05) is 12.4 Å². The number of anilines is 1. The highest BCUT2D eigenvalue weighted by Crippen LogP contribution is 2.38. The molecule has 1 unspecified atom stereocenters. The predicted molar refractivity (Wildman–Crippen MR) is 86.5 cm³/mol. The Bertz CT molecular complexity index is 467. The molecule has 116 valence electrons. The monoisotopic (exact) mass is 289 g/mol. The summed E-state index contributed by atoms with van der Waals surface area (Å²) in [6.07, 6.45) is 3.42. The van der Waals surface area contributed by atoms with Crippen molar-refractivity contribution >= 4 is 11.6 Å². The van der Waals surface area contributed by atoms with Crippen molar-refractivity contribution in [2.45, 2.75) is 40.0 Å². The molecule has 0 aliphatic heterocycles. The van der Waals surface area contributed by atoms with Gasteiger partial charge in [0, 0.05) is 11.6 Å². The zero-order valence-electron chi connectivity index (χ0n) is 13.6. The van der Waals surface area contributed by atoms with Crippen molar-refractivity contribution in [3.63, 3.8) is 0 Å². The minimum Gasteiger partial charge on any atom is -0.497 e. The smallest absolute Gasteiger partial charge is 0.227 e. The molecule has 3 heteroatoms. The van der Waals surface area contributed by atoms with Gasteiger partial charge in [-0.1, -0.05) is 27.2 Å². The number of rotatable bonds is 4. The van der Waals surface area contributed by atoms with Crippen LogP contribution in [-0.4, -0.2) is 13.0 Å². The first kappa shape index (κ1) is 15.9. The van der Waals surface area contributed by atoms with Gasteiger partial charge in [-0.3, -0.25) is 4.79 Å². The Morgan fingerprint density at radius 3 is 2.48 bits per heavy atom. The first-order valence-electron chi connectivity index (χ1n) is 7.96. The van der Waals surface area contributed by atoms with Gasteiger partial charge in [-0.05, 0) is 54.9 Å². The van der Waals surface area contributed by atoms with Crippen LogP contribution in [0, 0.1) is 23.7 Å². The van der Waals surface area contributed by atoms with Gasteiger partial charge < -0.3 is 10.1 Å².